The number of hydrogen-bond acceptors (Lipinski definition) is 2. The minimum Gasteiger partial charge on any atom is -0.478 e. The van der Waals surface area contributed by atoms with Gasteiger partial charge in [0, 0.05) is 6.42 Å². The fourth-order valence-corrected chi connectivity index (χ4v) is 3.01. The second-order valence-electron chi connectivity index (χ2n) is 6.11. The van der Waals surface area contributed by atoms with Crippen molar-refractivity contribution in [1.82, 2.24) is 0 Å². The summed E-state index contributed by atoms with van der Waals surface area (Å²) in [6.07, 6.45) is -0.596. The van der Waals surface area contributed by atoms with E-state index in [1.54, 1.807) is 0 Å². The molecule has 0 amide bonds. The van der Waals surface area contributed by atoms with Crippen molar-refractivity contribution in [3.8, 4) is 5.75 Å². The van der Waals surface area contributed by atoms with E-state index in [-0.39, 0.29) is 0 Å². The molecule has 1 N–H and O–H groups in total. The average molecular weight is 320 g/mol. The molecule has 3 heteroatoms. The number of carbonyl (C=O) groups is 1. The molecule has 0 aliphatic rings. The lowest BCUT2D eigenvalue weighted by molar-refractivity contribution is -0.145. The molecular weight excluding hydrogens is 300 g/mol. The highest BCUT2D eigenvalue weighted by molar-refractivity contribution is 5.86. The number of fused-ring (bicyclic) bond motifs is 1. The molecule has 0 saturated carbocycles. The number of carboxylic acids is 1. The third kappa shape index (κ3) is 3.57. The maximum atomic E-state index is 11.7. The maximum absolute atomic E-state index is 11.7. The highest BCUT2D eigenvalue weighted by atomic mass is 16.5. The van der Waals surface area contributed by atoms with Gasteiger partial charge in [-0.25, -0.2) is 4.79 Å². The molecule has 0 unspecified atom stereocenters. The van der Waals surface area contributed by atoms with Crippen molar-refractivity contribution in [2.45, 2.75) is 26.4 Å². The highest BCUT2D eigenvalue weighted by Crippen LogP contribution is 2.23. The Bertz CT molecular complexity index is 858. The first-order chi connectivity index (χ1) is 11.5. The third-order valence-corrected chi connectivity index (χ3v) is 4.03. The first-order valence-electron chi connectivity index (χ1n) is 7.97. The van der Waals surface area contributed by atoms with Crippen molar-refractivity contribution in [2.75, 3.05) is 0 Å². The first-order valence-corrected chi connectivity index (χ1v) is 7.97. The molecule has 0 spiro atoms. The fourth-order valence-electron chi connectivity index (χ4n) is 3.01. The molecule has 0 aliphatic carbocycles. The first kappa shape index (κ1) is 16.1. The van der Waals surface area contributed by atoms with Crippen LogP contribution in [0, 0.1) is 13.8 Å². The van der Waals surface area contributed by atoms with E-state index in [1.165, 1.54) is 0 Å². The average Bonchev–Trinajstić information content (AvgIpc) is 2.53. The van der Waals surface area contributed by atoms with E-state index in [4.69, 9.17) is 4.74 Å². The summed E-state index contributed by atoms with van der Waals surface area (Å²) >= 11 is 0. The molecule has 1 atom stereocenters. The topological polar surface area (TPSA) is 46.5 Å². The molecule has 24 heavy (non-hydrogen) atoms. The van der Waals surface area contributed by atoms with Gasteiger partial charge in [0.15, 0.2) is 6.10 Å². The predicted octanol–water partition coefficient (Wildman–Crippen LogP) is 4.53. The van der Waals surface area contributed by atoms with E-state index < -0.39 is 12.1 Å². The van der Waals surface area contributed by atoms with E-state index in [2.05, 4.69) is 0 Å². The number of benzene rings is 3. The molecule has 3 aromatic carbocycles. The Morgan fingerprint density at radius 3 is 2.38 bits per heavy atom. The van der Waals surface area contributed by atoms with Crippen LogP contribution < -0.4 is 4.74 Å². The van der Waals surface area contributed by atoms with Crippen LogP contribution in [0.25, 0.3) is 10.8 Å². The lowest BCUT2D eigenvalue weighted by Crippen LogP contribution is -2.29. The Morgan fingerprint density at radius 1 is 1.00 bits per heavy atom. The zero-order chi connectivity index (χ0) is 17.1. The van der Waals surface area contributed by atoms with Gasteiger partial charge in [-0.05, 0) is 53.4 Å². The van der Waals surface area contributed by atoms with Crippen molar-refractivity contribution in [2.24, 2.45) is 0 Å². The number of ether oxygens (including phenoxy) is 1. The summed E-state index contributed by atoms with van der Waals surface area (Å²) in [5.74, 6) is -0.359. The lowest BCUT2D eigenvalue weighted by atomic mass is 10.00. The van der Waals surface area contributed by atoms with Gasteiger partial charge < -0.3 is 9.84 Å². The van der Waals surface area contributed by atoms with E-state index in [0.717, 1.165) is 27.5 Å². The van der Waals surface area contributed by atoms with Gasteiger partial charge in [-0.2, -0.15) is 0 Å². The molecule has 0 bridgehead atoms. The molecule has 0 fully saturated rings. The second-order valence-corrected chi connectivity index (χ2v) is 6.11. The monoisotopic (exact) mass is 320 g/mol. The predicted molar refractivity (Wildman–Crippen MR) is 95.6 cm³/mol. The minimum absolute atomic E-state index is 0.323. The normalized spacial score (nSPS) is 12.1. The zero-order valence-electron chi connectivity index (χ0n) is 13.8. The number of hydrogen-bond donors (Lipinski definition) is 1. The van der Waals surface area contributed by atoms with Crippen molar-refractivity contribution >= 4 is 16.7 Å². The molecule has 0 saturated heterocycles. The molecule has 3 nitrogen and oxygen atoms in total. The van der Waals surface area contributed by atoms with Crippen LogP contribution in [0.2, 0.25) is 0 Å². The van der Waals surface area contributed by atoms with Gasteiger partial charge in [-0.3, -0.25) is 0 Å². The summed E-state index contributed by atoms with van der Waals surface area (Å²) in [4.78, 5) is 11.7. The standard InChI is InChI=1S/C21H20O3/c1-14-10-15(2)12-18(11-14)24-20(21(22)23)13-17-8-5-7-16-6-3-4-9-19(16)17/h3-12,20H,13H2,1-2H3,(H,22,23)/t20-/m1/s1. The number of rotatable bonds is 5. The van der Waals surface area contributed by atoms with Crippen LogP contribution >= 0.6 is 0 Å². The Hall–Kier alpha value is -2.81. The van der Waals surface area contributed by atoms with Crippen molar-refractivity contribution in [3.63, 3.8) is 0 Å². The summed E-state index contributed by atoms with van der Waals surface area (Å²) in [6, 6.07) is 19.7. The smallest absolute Gasteiger partial charge is 0.345 e. The highest BCUT2D eigenvalue weighted by Gasteiger charge is 2.21. The van der Waals surface area contributed by atoms with Crippen LogP contribution in [0.15, 0.2) is 60.7 Å². The molecule has 3 aromatic rings. The Kier molecular flexibility index (Phi) is 4.52. The van der Waals surface area contributed by atoms with Gasteiger partial charge in [0.05, 0.1) is 0 Å². The van der Waals surface area contributed by atoms with Crippen molar-refractivity contribution in [3.05, 3.63) is 77.4 Å². The van der Waals surface area contributed by atoms with Crippen LogP contribution in [-0.4, -0.2) is 17.2 Å². The Labute approximate surface area is 141 Å². The Balaban J connectivity index is 1.90. The number of aliphatic carboxylic acids is 1. The van der Waals surface area contributed by atoms with Crippen molar-refractivity contribution < 1.29 is 14.6 Å². The summed E-state index contributed by atoms with van der Waals surface area (Å²) in [6.45, 7) is 3.95. The molecule has 3 rings (SSSR count). The SMILES string of the molecule is Cc1cc(C)cc(O[C@H](Cc2cccc3ccccc23)C(=O)O)c1. The maximum Gasteiger partial charge on any atom is 0.345 e. The van der Waals surface area contributed by atoms with Gasteiger partial charge in [-0.15, -0.1) is 0 Å². The van der Waals surface area contributed by atoms with E-state index >= 15 is 0 Å². The van der Waals surface area contributed by atoms with Gasteiger partial charge in [0.25, 0.3) is 0 Å². The quantitative estimate of drug-likeness (QED) is 0.751. The summed E-state index contributed by atoms with van der Waals surface area (Å²) in [7, 11) is 0. The summed E-state index contributed by atoms with van der Waals surface area (Å²) in [5.41, 5.74) is 3.09. The minimum atomic E-state index is -0.956. The number of aryl methyl sites for hydroxylation is 2. The molecule has 122 valence electrons. The zero-order valence-corrected chi connectivity index (χ0v) is 13.8. The largest absolute Gasteiger partial charge is 0.478 e. The van der Waals surface area contributed by atoms with Gasteiger partial charge in [0.1, 0.15) is 5.75 Å². The molecule has 0 aliphatic heterocycles. The van der Waals surface area contributed by atoms with E-state index in [9.17, 15) is 9.90 Å². The summed E-state index contributed by atoms with van der Waals surface area (Å²) in [5, 5.41) is 11.7. The van der Waals surface area contributed by atoms with Crippen LogP contribution in [0.1, 0.15) is 16.7 Å². The lowest BCUT2D eigenvalue weighted by Gasteiger charge is -2.17. The van der Waals surface area contributed by atoms with Crippen LogP contribution in [-0.2, 0) is 11.2 Å². The van der Waals surface area contributed by atoms with Crippen LogP contribution in [0.3, 0.4) is 0 Å². The molecule has 0 heterocycles. The molecule has 0 aromatic heterocycles. The second kappa shape index (κ2) is 6.75. The summed E-state index contributed by atoms with van der Waals surface area (Å²) < 4.78 is 5.79. The van der Waals surface area contributed by atoms with Crippen LogP contribution in [0.4, 0.5) is 0 Å². The van der Waals surface area contributed by atoms with Gasteiger partial charge in [0.2, 0.25) is 0 Å². The van der Waals surface area contributed by atoms with Gasteiger partial charge >= 0.3 is 5.97 Å². The molecular formula is C21H20O3. The van der Waals surface area contributed by atoms with Gasteiger partial charge in [-0.1, -0.05) is 48.5 Å². The van der Waals surface area contributed by atoms with E-state index in [1.807, 2.05) is 74.5 Å². The third-order valence-electron chi connectivity index (χ3n) is 4.03. The van der Waals surface area contributed by atoms with E-state index in [0.29, 0.717) is 12.2 Å². The molecule has 0 radical (unpaired) electrons. The fraction of sp³-hybridized carbons (Fsp3) is 0.190. The van der Waals surface area contributed by atoms with Crippen molar-refractivity contribution in [1.29, 1.82) is 0 Å². The number of carboxylic acid groups (broad SMARTS) is 1. The Morgan fingerprint density at radius 2 is 1.67 bits per heavy atom. The van der Waals surface area contributed by atoms with Crippen LogP contribution in [0.5, 0.6) is 5.75 Å².